The average Bonchev–Trinajstić information content (AvgIpc) is 3.00. The first-order valence-corrected chi connectivity index (χ1v) is 9.56. The minimum absolute atomic E-state index is 0. The maximum Gasteiger partial charge on any atom is 0.155 e. The number of pyridine rings is 1. The van der Waals surface area contributed by atoms with Crippen LogP contribution in [0.25, 0.3) is 34.3 Å². The topological polar surface area (TPSA) is 50.2 Å². The van der Waals surface area contributed by atoms with Gasteiger partial charge in [0, 0.05) is 31.6 Å². The molecule has 149 valence electrons. The number of fused-ring (bicyclic) bond motifs is 4. The van der Waals surface area contributed by atoms with Crippen molar-refractivity contribution in [2.75, 3.05) is 0 Å². The van der Waals surface area contributed by atoms with Gasteiger partial charge in [-0.25, -0.2) is 0 Å². The first kappa shape index (κ1) is 21.2. The number of aryl methyl sites for hydroxylation is 1. The van der Waals surface area contributed by atoms with E-state index < -0.39 is 0 Å². The number of aliphatic hydroxyl groups excluding tert-OH is 1. The van der Waals surface area contributed by atoms with Gasteiger partial charge in [0.15, 0.2) is 5.78 Å². The maximum atomic E-state index is 10.0. The van der Waals surface area contributed by atoms with Gasteiger partial charge in [-0.3, -0.25) is 9.78 Å². The van der Waals surface area contributed by atoms with Gasteiger partial charge in [0.1, 0.15) is 0 Å². The second kappa shape index (κ2) is 8.85. The third-order valence-electron chi connectivity index (χ3n) is 5.08. The van der Waals surface area contributed by atoms with Gasteiger partial charge < -0.3 is 5.11 Å². The number of hydrogen-bond acceptors (Lipinski definition) is 3. The number of nitrogens with zero attached hydrogens (tertiary/aromatic N) is 1. The van der Waals surface area contributed by atoms with Crippen LogP contribution in [0, 0.1) is 6.07 Å². The molecule has 1 N–H and O–H groups in total. The Bertz CT molecular complexity index is 1140. The molecule has 3 aromatic rings. The van der Waals surface area contributed by atoms with Crippen molar-refractivity contribution in [2.45, 2.75) is 33.1 Å². The maximum absolute atomic E-state index is 10.0. The molecule has 0 amide bonds. The first-order chi connectivity index (χ1) is 13.5. The number of ketones is 1. The predicted octanol–water partition coefficient (Wildman–Crippen LogP) is 5.71. The van der Waals surface area contributed by atoms with E-state index in [1.165, 1.54) is 59.5 Å². The zero-order chi connectivity index (χ0) is 19.7. The fraction of sp³-hybridized carbons (Fsp3) is 0.200. The average molecular weight is 561 g/mol. The number of benzene rings is 2. The molecule has 3 nitrogen and oxygen atoms in total. The van der Waals surface area contributed by atoms with Crippen LogP contribution in [0.5, 0.6) is 0 Å². The van der Waals surface area contributed by atoms with Gasteiger partial charge in [-0.2, -0.15) is 0 Å². The Labute approximate surface area is 184 Å². The van der Waals surface area contributed by atoms with E-state index in [0.29, 0.717) is 0 Å². The summed E-state index contributed by atoms with van der Waals surface area (Å²) in [4.78, 5) is 15.0. The molecule has 2 aromatic carbocycles. The molecule has 0 bridgehead atoms. The molecule has 0 spiro atoms. The molecule has 4 heteroatoms. The summed E-state index contributed by atoms with van der Waals surface area (Å²) < 4.78 is 0. The first-order valence-electron chi connectivity index (χ1n) is 9.56. The monoisotopic (exact) mass is 561 g/mol. The van der Waals surface area contributed by atoms with Gasteiger partial charge in [0.05, 0.1) is 11.3 Å². The summed E-state index contributed by atoms with van der Waals surface area (Å²) in [6.07, 6.45) is 9.07. The molecule has 29 heavy (non-hydrogen) atoms. The Morgan fingerprint density at radius 3 is 2.69 bits per heavy atom. The number of carbonyl (C=O) groups is 1. The van der Waals surface area contributed by atoms with Crippen LogP contribution >= 0.6 is 0 Å². The van der Waals surface area contributed by atoms with E-state index in [2.05, 4.69) is 48.6 Å². The van der Waals surface area contributed by atoms with Gasteiger partial charge in [-0.05, 0) is 43.2 Å². The van der Waals surface area contributed by atoms with Crippen LogP contribution in [0.15, 0.2) is 48.2 Å². The number of carbonyl (C=O) groups excluding carboxylic acids is 1. The molecule has 0 atom stereocenters. The van der Waals surface area contributed by atoms with E-state index in [0.717, 1.165) is 24.1 Å². The summed E-state index contributed by atoms with van der Waals surface area (Å²) in [6, 6.07) is 16.2. The Kier molecular flexibility index (Phi) is 6.46. The zero-order valence-electron chi connectivity index (χ0n) is 16.5. The van der Waals surface area contributed by atoms with E-state index in [4.69, 9.17) is 10.1 Å². The number of aliphatic hydroxyl groups is 1. The summed E-state index contributed by atoms with van der Waals surface area (Å²) >= 11 is 0. The molecule has 2 aliphatic carbocycles. The number of hydrogen-bond donors (Lipinski definition) is 1. The van der Waals surface area contributed by atoms with E-state index in [1.807, 2.05) is 6.07 Å². The summed E-state index contributed by atoms with van der Waals surface area (Å²) in [5.41, 5.74) is 8.94. The van der Waals surface area contributed by atoms with E-state index >= 15 is 0 Å². The van der Waals surface area contributed by atoms with E-state index in [9.17, 15) is 4.79 Å². The van der Waals surface area contributed by atoms with E-state index in [-0.39, 0.29) is 31.6 Å². The minimum atomic E-state index is -0.125. The van der Waals surface area contributed by atoms with Crippen molar-refractivity contribution in [1.82, 2.24) is 4.98 Å². The van der Waals surface area contributed by atoms with E-state index in [1.54, 1.807) is 0 Å². The standard InChI is InChI=1S/C20H14N.C5H8O2.Ir/c1-2-8-15-13(5-1)6-3-9-17-16-12-11-14-7-4-10-18(19(14)16)21-20(15)17;1-4(6)3-5(2)7;/h1-2,4-5,7,10-12H,3,6,9H2;3,6H,1-2H3;/q-1;;. The summed E-state index contributed by atoms with van der Waals surface area (Å²) in [6.45, 7) is 2.85. The summed E-state index contributed by atoms with van der Waals surface area (Å²) in [7, 11) is 0. The fourth-order valence-electron chi connectivity index (χ4n) is 4.02. The summed E-state index contributed by atoms with van der Waals surface area (Å²) in [5, 5.41) is 9.69. The van der Waals surface area contributed by atoms with Crippen molar-refractivity contribution in [3.8, 4) is 11.3 Å². The van der Waals surface area contributed by atoms with Crippen LogP contribution in [-0.4, -0.2) is 15.9 Å². The Morgan fingerprint density at radius 2 is 1.97 bits per heavy atom. The van der Waals surface area contributed by atoms with Crippen molar-refractivity contribution < 1.29 is 30.0 Å². The number of allylic oxidation sites excluding steroid dienone is 2. The number of aromatic nitrogens is 1. The van der Waals surface area contributed by atoms with Gasteiger partial charge in [-0.15, -0.1) is 35.4 Å². The predicted molar refractivity (Wildman–Crippen MR) is 114 cm³/mol. The third kappa shape index (κ3) is 4.24. The van der Waals surface area contributed by atoms with Gasteiger partial charge in [-0.1, -0.05) is 42.7 Å². The largest absolute Gasteiger partial charge is 0.512 e. The number of rotatable bonds is 1. The molecule has 0 unspecified atom stereocenters. The minimum Gasteiger partial charge on any atom is -0.512 e. The molecular weight excluding hydrogens is 538 g/mol. The Balaban J connectivity index is 0.000000263. The van der Waals surface area contributed by atoms with Gasteiger partial charge in [0.2, 0.25) is 0 Å². The molecule has 1 radical (unpaired) electrons. The zero-order valence-corrected chi connectivity index (χ0v) is 18.8. The molecule has 0 saturated heterocycles. The second-order valence-corrected chi connectivity index (χ2v) is 7.25. The SMILES string of the molecule is CC(=O)C=C(C)O.[Ir].[c-]1cccc2c1-c1nc3cccc4c3c(c1CCC2)C=C4. The molecule has 0 aliphatic heterocycles. The molecule has 1 heterocycles. The Morgan fingerprint density at radius 1 is 1.14 bits per heavy atom. The normalized spacial score (nSPS) is 13.5. The summed E-state index contributed by atoms with van der Waals surface area (Å²) in [5.74, 6) is -0.0625. The third-order valence-corrected chi connectivity index (χ3v) is 5.08. The van der Waals surface area contributed by atoms with Crippen LogP contribution in [-0.2, 0) is 37.7 Å². The fourth-order valence-corrected chi connectivity index (χ4v) is 4.02. The molecule has 5 rings (SSSR count). The van der Waals surface area contributed by atoms with Crippen molar-refractivity contribution in [3.63, 3.8) is 0 Å². The molecular formula is C25H22IrNO2-. The smallest absolute Gasteiger partial charge is 0.155 e. The quantitative estimate of drug-likeness (QED) is 0.184. The molecule has 1 aromatic heterocycles. The van der Waals surface area contributed by atoms with Crippen LogP contribution < -0.4 is 0 Å². The van der Waals surface area contributed by atoms with Crippen LogP contribution in [0.1, 0.15) is 42.5 Å². The van der Waals surface area contributed by atoms with Gasteiger partial charge in [0.25, 0.3) is 0 Å². The van der Waals surface area contributed by atoms with Crippen LogP contribution in [0.4, 0.5) is 0 Å². The van der Waals surface area contributed by atoms with Crippen molar-refractivity contribution >= 4 is 28.8 Å². The molecule has 0 saturated carbocycles. The van der Waals surface area contributed by atoms with Crippen molar-refractivity contribution in [1.29, 1.82) is 0 Å². The van der Waals surface area contributed by atoms with Gasteiger partial charge >= 0.3 is 0 Å². The molecule has 0 fully saturated rings. The second-order valence-electron chi connectivity index (χ2n) is 7.25. The van der Waals surface area contributed by atoms with Crippen molar-refractivity contribution in [2.24, 2.45) is 0 Å². The van der Waals surface area contributed by atoms with Crippen LogP contribution in [0.3, 0.4) is 0 Å². The molecule has 2 aliphatic rings. The van der Waals surface area contributed by atoms with Crippen molar-refractivity contribution in [3.05, 3.63) is 76.6 Å². The Hall–Kier alpha value is -2.55. The van der Waals surface area contributed by atoms with Crippen LogP contribution in [0.2, 0.25) is 0 Å².